The van der Waals surface area contributed by atoms with Gasteiger partial charge in [0.05, 0.1) is 16.1 Å². The van der Waals surface area contributed by atoms with Gasteiger partial charge in [-0.05, 0) is 47.5 Å². The number of halogens is 3. The molecular weight excluding hydrogens is 527 g/mol. The molecule has 0 saturated carbocycles. The van der Waals surface area contributed by atoms with Crippen molar-refractivity contribution in [3.63, 3.8) is 0 Å². The lowest BCUT2D eigenvalue weighted by molar-refractivity contribution is -0.384. The molecule has 5 aromatic rings. The van der Waals surface area contributed by atoms with Crippen LogP contribution in [0.2, 0.25) is 0 Å². The van der Waals surface area contributed by atoms with Crippen molar-refractivity contribution in [3.8, 4) is 39.6 Å². The molecule has 0 bridgehead atoms. The van der Waals surface area contributed by atoms with Crippen LogP contribution in [0.1, 0.15) is 15.9 Å². The van der Waals surface area contributed by atoms with Crippen LogP contribution in [0.5, 0.6) is 5.75 Å². The Balaban J connectivity index is 1.54. The first-order valence-electron chi connectivity index (χ1n) is 11.7. The van der Waals surface area contributed by atoms with Gasteiger partial charge in [0.25, 0.3) is 11.6 Å². The van der Waals surface area contributed by atoms with Crippen molar-refractivity contribution in [1.82, 2.24) is 4.98 Å². The summed E-state index contributed by atoms with van der Waals surface area (Å²) in [6, 6.07) is 22.7. The average molecular weight is 545 g/mol. The van der Waals surface area contributed by atoms with Gasteiger partial charge in [-0.1, -0.05) is 48.5 Å². The van der Waals surface area contributed by atoms with Crippen molar-refractivity contribution in [1.29, 1.82) is 0 Å². The number of aromatic hydroxyl groups is 1. The van der Waals surface area contributed by atoms with E-state index in [0.29, 0.717) is 16.7 Å². The molecule has 0 radical (unpaired) electrons. The fourth-order valence-electron chi connectivity index (χ4n) is 3.99. The van der Waals surface area contributed by atoms with Crippen molar-refractivity contribution in [2.75, 3.05) is 5.32 Å². The van der Waals surface area contributed by atoms with Crippen molar-refractivity contribution in [2.45, 2.75) is 6.18 Å². The number of phenols is 1. The minimum absolute atomic E-state index is 0.0511. The van der Waals surface area contributed by atoms with E-state index in [1.807, 2.05) is 0 Å². The molecule has 0 aliphatic heterocycles. The number of phenolic OH excluding ortho intramolecular Hbond substituents is 1. The molecule has 0 aliphatic rings. The zero-order chi connectivity index (χ0) is 28.4. The van der Waals surface area contributed by atoms with E-state index in [9.17, 15) is 33.2 Å². The van der Waals surface area contributed by atoms with Crippen LogP contribution < -0.4 is 5.32 Å². The van der Waals surface area contributed by atoms with Gasteiger partial charge in [-0.3, -0.25) is 20.2 Å². The lowest BCUT2D eigenvalue weighted by atomic mass is 10.0. The van der Waals surface area contributed by atoms with E-state index >= 15 is 0 Å². The molecule has 4 aromatic carbocycles. The number of aromatic nitrogens is 1. The molecule has 40 heavy (non-hydrogen) atoms. The maximum absolute atomic E-state index is 13.1. The van der Waals surface area contributed by atoms with Gasteiger partial charge in [-0.2, -0.15) is 13.2 Å². The van der Waals surface area contributed by atoms with Crippen LogP contribution in [-0.4, -0.2) is 20.9 Å². The molecule has 0 saturated heterocycles. The first-order chi connectivity index (χ1) is 19.1. The van der Waals surface area contributed by atoms with Crippen LogP contribution >= 0.6 is 0 Å². The normalized spacial score (nSPS) is 11.3. The van der Waals surface area contributed by atoms with Crippen LogP contribution in [0, 0.1) is 10.1 Å². The number of hydrogen-bond donors (Lipinski definition) is 2. The molecule has 2 N–H and O–H groups in total. The van der Waals surface area contributed by atoms with E-state index in [4.69, 9.17) is 4.42 Å². The number of alkyl halides is 3. The highest BCUT2D eigenvalue weighted by molar-refractivity contribution is 6.05. The summed E-state index contributed by atoms with van der Waals surface area (Å²) in [6.45, 7) is 0. The third-order valence-corrected chi connectivity index (χ3v) is 5.99. The number of nitro benzene ring substituents is 1. The van der Waals surface area contributed by atoms with Gasteiger partial charge in [0.1, 0.15) is 11.4 Å². The third kappa shape index (κ3) is 5.39. The number of carbonyl (C=O) groups excluding carboxylic acids is 1. The highest BCUT2D eigenvalue weighted by Gasteiger charge is 2.30. The Morgan fingerprint density at radius 3 is 2.20 bits per heavy atom. The number of carbonyl (C=O) groups is 1. The average Bonchev–Trinajstić information content (AvgIpc) is 3.36. The minimum Gasteiger partial charge on any atom is -0.507 e. The fraction of sp³-hybridized carbons (Fsp3) is 0.0345. The summed E-state index contributed by atoms with van der Waals surface area (Å²) < 4.78 is 45.1. The Labute approximate surface area is 224 Å². The van der Waals surface area contributed by atoms with E-state index in [0.717, 1.165) is 12.1 Å². The van der Waals surface area contributed by atoms with Gasteiger partial charge in [0, 0.05) is 23.3 Å². The van der Waals surface area contributed by atoms with Gasteiger partial charge in [0.2, 0.25) is 11.8 Å². The largest absolute Gasteiger partial charge is 0.507 e. The second-order valence-electron chi connectivity index (χ2n) is 8.63. The molecule has 0 spiro atoms. The molecule has 1 heterocycles. The molecule has 5 rings (SSSR count). The molecule has 0 unspecified atom stereocenters. The number of rotatable bonds is 6. The second kappa shape index (κ2) is 10.4. The van der Waals surface area contributed by atoms with Crippen LogP contribution in [0.15, 0.2) is 101 Å². The number of nitro groups is 1. The molecule has 0 atom stereocenters. The Bertz CT molecular complexity index is 1720. The van der Waals surface area contributed by atoms with Gasteiger partial charge >= 0.3 is 6.18 Å². The van der Waals surface area contributed by atoms with Gasteiger partial charge in [0.15, 0.2) is 0 Å². The number of oxazole rings is 1. The number of benzene rings is 4. The Kier molecular flexibility index (Phi) is 6.78. The molecule has 11 heteroatoms. The molecule has 200 valence electrons. The van der Waals surface area contributed by atoms with Crippen LogP contribution in [-0.2, 0) is 6.18 Å². The van der Waals surface area contributed by atoms with Crippen LogP contribution in [0.4, 0.5) is 24.7 Å². The third-order valence-electron chi connectivity index (χ3n) is 5.99. The monoisotopic (exact) mass is 545 g/mol. The number of amides is 1. The number of nitrogens with one attached hydrogen (secondary N) is 1. The summed E-state index contributed by atoms with van der Waals surface area (Å²) in [5.74, 6) is -1.06. The second-order valence-corrected chi connectivity index (χ2v) is 8.63. The Hall–Kier alpha value is -5.45. The smallest absolute Gasteiger partial charge is 0.416 e. The number of hydrogen-bond acceptors (Lipinski definition) is 6. The lowest BCUT2D eigenvalue weighted by Gasteiger charge is -2.07. The molecule has 1 aromatic heterocycles. The topological polar surface area (TPSA) is 118 Å². The summed E-state index contributed by atoms with van der Waals surface area (Å²) in [6.07, 6.45) is -4.54. The Morgan fingerprint density at radius 1 is 0.875 bits per heavy atom. The fourth-order valence-corrected chi connectivity index (χ4v) is 3.99. The quantitative estimate of drug-likeness (QED) is 0.168. The zero-order valence-electron chi connectivity index (χ0n) is 20.3. The summed E-state index contributed by atoms with van der Waals surface area (Å²) >= 11 is 0. The number of anilines is 1. The predicted octanol–water partition coefficient (Wildman–Crippen LogP) is 7.56. The van der Waals surface area contributed by atoms with E-state index in [1.165, 1.54) is 42.5 Å². The summed E-state index contributed by atoms with van der Waals surface area (Å²) in [7, 11) is 0. The van der Waals surface area contributed by atoms with Crippen LogP contribution in [0.3, 0.4) is 0 Å². The first-order valence-corrected chi connectivity index (χ1v) is 11.7. The summed E-state index contributed by atoms with van der Waals surface area (Å²) in [4.78, 5) is 27.8. The van der Waals surface area contributed by atoms with Gasteiger partial charge in [-0.25, -0.2) is 4.98 Å². The standard InChI is InChI=1S/C29H18F3N3O5/c30-29(31,32)21-12-9-17(10-13-21)25-28(34-26(37)18-5-2-1-3-6-18)40-27(33-25)23-14-11-20(16-24(23)36)19-7-4-8-22(15-19)35(38)39/h1-16,36H,(H,34,37). The van der Waals surface area contributed by atoms with Gasteiger partial charge < -0.3 is 9.52 Å². The minimum atomic E-state index is -4.54. The predicted molar refractivity (Wildman–Crippen MR) is 141 cm³/mol. The number of non-ortho nitro benzene ring substituents is 1. The molecule has 1 amide bonds. The Morgan fingerprint density at radius 2 is 1.55 bits per heavy atom. The van der Waals surface area contributed by atoms with Gasteiger partial charge in [-0.15, -0.1) is 0 Å². The highest BCUT2D eigenvalue weighted by Crippen LogP contribution is 2.39. The van der Waals surface area contributed by atoms with E-state index < -0.39 is 22.6 Å². The summed E-state index contributed by atoms with van der Waals surface area (Å²) in [5.41, 5.74) is 0.722. The van der Waals surface area contributed by atoms with E-state index in [1.54, 1.807) is 42.5 Å². The molecule has 0 fully saturated rings. The van der Waals surface area contributed by atoms with E-state index in [-0.39, 0.29) is 40.0 Å². The first kappa shape index (κ1) is 26.2. The molecule has 0 aliphatic carbocycles. The lowest BCUT2D eigenvalue weighted by Crippen LogP contribution is -2.11. The van der Waals surface area contributed by atoms with E-state index in [2.05, 4.69) is 10.3 Å². The van der Waals surface area contributed by atoms with Crippen molar-refractivity contribution in [2.24, 2.45) is 0 Å². The van der Waals surface area contributed by atoms with Crippen molar-refractivity contribution < 1.29 is 32.4 Å². The molecule has 8 nitrogen and oxygen atoms in total. The maximum Gasteiger partial charge on any atom is 0.416 e. The molecular formula is C29H18F3N3O5. The van der Waals surface area contributed by atoms with Crippen LogP contribution in [0.25, 0.3) is 33.8 Å². The zero-order valence-corrected chi connectivity index (χ0v) is 20.3. The summed E-state index contributed by atoms with van der Waals surface area (Å²) in [5, 5.41) is 24.5. The van der Waals surface area contributed by atoms with Crippen molar-refractivity contribution >= 4 is 17.5 Å². The van der Waals surface area contributed by atoms with Crippen molar-refractivity contribution in [3.05, 3.63) is 118 Å². The maximum atomic E-state index is 13.1. The SMILES string of the molecule is O=C(Nc1oc(-c2ccc(-c3cccc([N+](=O)[O-])c3)cc2O)nc1-c1ccc(C(F)(F)F)cc1)c1ccccc1. The highest BCUT2D eigenvalue weighted by atomic mass is 19.4. The number of nitrogens with zero attached hydrogens (tertiary/aromatic N) is 2.